The maximum atomic E-state index is 13.5. The largest absolute Gasteiger partial charge is 0.478 e. The number of rotatable bonds is 2. The smallest absolute Gasteiger partial charge is 0.336 e. The molecule has 17 heavy (non-hydrogen) atoms. The van der Waals surface area contributed by atoms with Crippen molar-refractivity contribution < 1.29 is 14.3 Å². The molecular weight excluding hydrogens is 225 g/mol. The lowest BCUT2D eigenvalue weighted by Crippen LogP contribution is -2.10. The van der Waals surface area contributed by atoms with E-state index in [1.54, 1.807) is 6.07 Å². The van der Waals surface area contributed by atoms with Gasteiger partial charge in [0.05, 0.1) is 5.56 Å². The predicted octanol–water partition coefficient (Wildman–Crippen LogP) is 1.88. The summed E-state index contributed by atoms with van der Waals surface area (Å²) in [4.78, 5) is 24.4. The maximum Gasteiger partial charge on any atom is 0.336 e. The van der Waals surface area contributed by atoms with Crippen LogP contribution >= 0.6 is 0 Å². The number of pyridine rings is 1. The Morgan fingerprint density at radius 2 is 1.94 bits per heavy atom. The second kappa shape index (κ2) is 4.21. The highest BCUT2D eigenvalue weighted by atomic mass is 19.1. The van der Waals surface area contributed by atoms with E-state index in [0.717, 1.165) is 6.07 Å². The fourth-order valence-electron chi connectivity index (χ4n) is 1.55. The van der Waals surface area contributed by atoms with Gasteiger partial charge in [0.1, 0.15) is 5.82 Å². The van der Waals surface area contributed by atoms with Crippen LogP contribution in [0.1, 0.15) is 10.4 Å². The van der Waals surface area contributed by atoms with Gasteiger partial charge >= 0.3 is 5.97 Å². The number of halogens is 1. The zero-order valence-electron chi connectivity index (χ0n) is 8.61. The maximum absolute atomic E-state index is 13.5. The van der Waals surface area contributed by atoms with E-state index in [-0.39, 0.29) is 16.7 Å². The molecule has 0 amide bonds. The van der Waals surface area contributed by atoms with Gasteiger partial charge in [0, 0.05) is 23.4 Å². The summed E-state index contributed by atoms with van der Waals surface area (Å²) >= 11 is 0. The van der Waals surface area contributed by atoms with E-state index < -0.39 is 17.3 Å². The number of benzene rings is 1. The Balaban J connectivity index is 2.72. The van der Waals surface area contributed by atoms with E-state index in [1.807, 2.05) is 0 Å². The lowest BCUT2D eigenvalue weighted by molar-refractivity contribution is 0.0697. The van der Waals surface area contributed by atoms with E-state index in [1.165, 1.54) is 24.4 Å². The Bertz CT molecular complexity index is 634. The molecule has 1 heterocycles. The topological polar surface area (TPSA) is 70.2 Å². The molecule has 2 aromatic rings. The van der Waals surface area contributed by atoms with Gasteiger partial charge in [-0.25, -0.2) is 9.18 Å². The molecule has 0 fully saturated rings. The van der Waals surface area contributed by atoms with E-state index in [4.69, 9.17) is 5.11 Å². The van der Waals surface area contributed by atoms with Crippen molar-refractivity contribution in [3.63, 3.8) is 0 Å². The number of aromatic amines is 1. The summed E-state index contributed by atoms with van der Waals surface area (Å²) < 4.78 is 13.5. The number of hydrogen-bond donors (Lipinski definition) is 2. The third kappa shape index (κ3) is 2.08. The van der Waals surface area contributed by atoms with Gasteiger partial charge in [0.2, 0.25) is 5.56 Å². The van der Waals surface area contributed by atoms with Crippen LogP contribution in [0.4, 0.5) is 4.39 Å². The second-order valence-electron chi connectivity index (χ2n) is 3.41. The molecule has 0 atom stereocenters. The summed E-state index contributed by atoms with van der Waals surface area (Å²) in [5.74, 6) is -1.81. The van der Waals surface area contributed by atoms with Crippen LogP contribution < -0.4 is 5.56 Å². The van der Waals surface area contributed by atoms with Gasteiger partial charge in [-0.05, 0) is 6.07 Å². The Labute approximate surface area is 95.4 Å². The van der Waals surface area contributed by atoms with Crippen molar-refractivity contribution in [2.24, 2.45) is 0 Å². The molecule has 1 aromatic heterocycles. The lowest BCUT2D eigenvalue weighted by atomic mass is 10.0. The molecule has 4 nitrogen and oxygen atoms in total. The highest BCUT2D eigenvalue weighted by Crippen LogP contribution is 2.24. The average Bonchev–Trinajstić information content (AvgIpc) is 2.30. The van der Waals surface area contributed by atoms with Gasteiger partial charge in [-0.3, -0.25) is 4.79 Å². The van der Waals surface area contributed by atoms with Crippen molar-refractivity contribution >= 4 is 5.97 Å². The molecule has 2 N–H and O–H groups in total. The highest BCUT2D eigenvalue weighted by Gasteiger charge is 2.14. The molecule has 0 aliphatic carbocycles. The van der Waals surface area contributed by atoms with Crippen LogP contribution in [-0.2, 0) is 0 Å². The molecule has 0 radical (unpaired) electrons. The first-order chi connectivity index (χ1) is 8.09. The molecule has 0 aliphatic heterocycles. The number of carboxylic acids is 1. The number of carbonyl (C=O) groups is 1. The normalized spacial score (nSPS) is 10.2. The number of nitrogens with one attached hydrogen (secondary N) is 1. The summed E-state index contributed by atoms with van der Waals surface area (Å²) in [6.07, 6.45) is 1.20. The Hall–Kier alpha value is -2.43. The van der Waals surface area contributed by atoms with Crippen LogP contribution in [0.25, 0.3) is 11.1 Å². The summed E-state index contributed by atoms with van der Waals surface area (Å²) in [7, 11) is 0. The van der Waals surface area contributed by atoms with Crippen LogP contribution in [0, 0.1) is 5.82 Å². The van der Waals surface area contributed by atoms with Gasteiger partial charge < -0.3 is 10.1 Å². The minimum atomic E-state index is -1.27. The van der Waals surface area contributed by atoms with Crippen molar-refractivity contribution in [3.05, 3.63) is 58.3 Å². The fourth-order valence-corrected chi connectivity index (χ4v) is 1.55. The zero-order chi connectivity index (χ0) is 12.4. The van der Waals surface area contributed by atoms with E-state index in [9.17, 15) is 14.0 Å². The first-order valence-corrected chi connectivity index (χ1v) is 4.80. The van der Waals surface area contributed by atoms with Crippen molar-refractivity contribution in [2.75, 3.05) is 0 Å². The molecule has 0 unspecified atom stereocenters. The van der Waals surface area contributed by atoms with Crippen molar-refractivity contribution in [3.8, 4) is 11.1 Å². The minimum absolute atomic E-state index is 0.140. The minimum Gasteiger partial charge on any atom is -0.478 e. The zero-order valence-corrected chi connectivity index (χ0v) is 8.61. The monoisotopic (exact) mass is 233 g/mol. The van der Waals surface area contributed by atoms with Crippen LogP contribution in [0.2, 0.25) is 0 Å². The van der Waals surface area contributed by atoms with Crippen molar-refractivity contribution in [1.29, 1.82) is 0 Å². The molecule has 0 spiro atoms. The first-order valence-electron chi connectivity index (χ1n) is 4.80. The van der Waals surface area contributed by atoms with Crippen molar-refractivity contribution in [1.82, 2.24) is 4.98 Å². The van der Waals surface area contributed by atoms with Crippen LogP contribution in [0.15, 0.2) is 41.3 Å². The van der Waals surface area contributed by atoms with Crippen molar-refractivity contribution in [2.45, 2.75) is 0 Å². The third-order valence-electron chi connectivity index (χ3n) is 2.32. The molecule has 1 aromatic carbocycles. The molecule has 0 aliphatic rings. The van der Waals surface area contributed by atoms with Gasteiger partial charge in [-0.15, -0.1) is 0 Å². The quantitative estimate of drug-likeness (QED) is 0.831. The molecule has 0 bridgehead atoms. The summed E-state index contributed by atoms with van der Waals surface area (Å²) in [6.45, 7) is 0. The number of aromatic carboxylic acids is 1. The molecule has 86 valence electrons. The molecular formula is C12H8FNO3. The number of aromatic nitrogens is 1. The molecule has 0 saturated carbocycles. The Morgan fingerprint density at radius 1 is 1.24 bits per heavy atom. The van der Waals surface area contributed by atoms with Gasteiger partial charge in [0.15, 0.2) is 0 Å². The third-order valence-corrected chi connectivity index (χ3v) is 2.32. The molecule has 0 saturated heterocycles. The number of hydrogen-bond acceptors (Lipinski definition) is 2. The second-order valence-corrected chi connectivity index (χ2v) is 3.41. The SMILES string of the molecule is O=C(O)c1cc(=O)[nH]cc1-c1ccccc1F. The summed E-state index contributed by atoms with van der Waals surface area (Å²) in [6, 6.07) is 6.71. The van der Waals surface area contributed by atoms with Gasteiger partial charge in [-0.2, -0.15) is 0 Å². The number of H-pyrrole nitrogens is 1. The predicted molar refractivity (Wildman–Crippen MR) is 59.4 cm³/mol. The van der Waals surface area contributed by atoms with Crippen LogP contribution in [-0.4, -0.2) is 16.1 Å². The first kappa shape index (κ1) is 11.1. The Kier molecular flexibility index (Phi) is 2.74. The molecule has 5 heteroatoms. The fraction of sp³-hybridized carbons (Fsp3) is 0. The van der Waals surface area contributed by atoms with E-state index in [2.05, 4.69) is 4.98 Å². The van der Waals surface area contributed by atoms with E-state index >= 15 is 0 Å². The van der Waals surface area contributed by atoms with Gasteiger partial charge in [-0.1, -0.05) is 18.2 Å². The average molecular weight is 233 g/mol. The summed E-state index contributed by atoms with van der Waals surface area (Å²) in [5, 5.41) is 8.97. The Morgan fingerprint density at radius 3 is 2.59 bits per heavy atom. The molecule has 2 rings (SSSR count). The summed E-state index contributed by atoms with van der Waals surface area (Å²) in [5.41, 5.74) is -0.474. The van der Waals surface area contributed by atoms with Gasteiger partial charge in [0.25, 0.3) is 0 Å². The number of carboxylic acid groups (broad SMARTS) is 1. The standard InChI is InChI=1S/C12H8FNO3/c13-10-4-2-1-3-7(10)9-6-14-11(15)5-8(9)12(16)17/h1-6H,(H,14,15)(H,16,17). The van der Waals surface area contributed by atoms with E-state index in [0.29, 0.717) is 0 Å². The highest BCUT2D eigenvalue weighted by molar-refractivity contribution is 5.95. The lowest BCUT2D eigenvalue weighted by Gasteiger charge is -2.06. The van der Waals surface area contributed by atoms with Crippen LogP contribution in [0.3, 0.4) is 0 Å². The van der Waals surface area contributed by atoms with Crippen LogP contribution in [0.5, 0.6) is 0 Å².